The van der Waals surface area contributed by atoms with Crippen molar-refractivity contribution in [3.8, 4) is 0 Å². The Hall–Kier alpha value is -0.830. The molecule has 3 heteroatoms. The minimum Gasteiger partial charge on any atom is -0.316 e. The minimum absolute atomic E-state index is 0.509. The van der Waals surface area contributed by atoms with Gasteiger partial charge in [-0.05, 0) is 51.3 Å². The smallest absolute Gasteiger partial charge is 0.0519 e. The third-order valence-corrected chi connectivity index (χ3v) is 2.71. The first-order valence-electron chi connectivity index (χ1n) is 6.31. The summed E-state index contributed by atoms with van der Waals surface area (Å²) >= 11 is 0. The van der Waals surface area contributed by atoms with E-state index in [1.54, 1.807) is 0 Å². The quantitative estimate of drug-likeness (QED) is 0.720. The van der Waals surface area contributed by atoms with E-state index in [0.717, 1.165) is 19.0 Å². The fourth-order valence-electron chi connectivity index (χ4n) is 1.72. The molecular formula is C13H25N3. The SMILES string of the molecule is Cc1cnn(C(C)CCCNCC(C)C)c1. The Labute approximate surface area is 99.2 Å². The summed E-state index contributed by atoms with van der Waals surface area (Å²) in [5, 5.41) is 7.81. The molecule has 0 aliphatic heterocycles. The minimum atomic E-state index is 0.509. The highest BCUT2D eigenvalue weighted by Crippen LogP contribution is 2.11. The van der Waals surface area contributed by atoms with Crippen molar-refractivity contribution in [1.82, 2.24) is 15.1 Å². The van der Waals surface area contributed by atoms with Crippen molar-refractivity contribution in [2.75, 3.05) is 13.1 Å². The molecule has 92 valence electrons. The molecular weight excluding hydrogens is 198 g/mol. The number of aromatic nitrogens is 2. The topological polar surface area (TPSA) is 29.9 Å². The maximum absolute atomic E-state index is 4.34. The maximum atomic E-state index is 4.34. The molecule has 1 aromatic rings. The van der Waals surface area contributed by atoms with Gasteiger partial charge >= 0.3 is 0 Å². The molecule has 0 aliphatic carbocycles. The van der Waals surface area contributed by atoms with Crippen molar-refractivity contribution in [3.05, 3.63) is 18.0 Å². The normalized spacial score (nSPS) is 13.3. The molecule has 0 saturated heterocycles. The van der Waals surface area contributed by atoms with Crippen LogP contribution in [0.15, 0.2) is 12.4 Å². The molecule has 0 saturated carbocycles. The summed E-state index contributed by atoms with van der Waals surface area (Å²) in [7, 11) is 0. The number of aryl methyl sites for hydroxylation is 1. The zero-order valence-corrected chi connectivity index (χ0v) is 11.0. The van der Waals surface area contributed by atoms with Crippen LogP contribution in [-0.4, -0.2) is 22.9 Å². The summed E-state index contributed by atoms with van der Waals surface area (Å²) in [6.45, 7) is 11.0. The molecule has 16 heavy (non-hydrogen) atoms. The molecule has 0 fully saturated rings. The average molecular weight is 223 g/mol. The largest absolute Gasteiger partial charge is 0.316 e. The van der Waals surface area contributed by atoms with Crippen LogP contribution in [0.25, 0.3) is 0 Å². The van der Waals surface area contributed by atoms with E-state index in [2.05, 4.69) is 49.0 Å². The standard InChI is InChI=1S/C13H25N3/c1-11(2)8-14-7-5-6-13(4)16-10-12(3)9-15-16/h9-11,13-14H,5-8H2,1-4H3. The van der Waals surface area contributed by atoms with Gasteiger partial charge in [0.05, 0.1) is 6.20 Å². The van der Waals surface area contributed by atoms with Crippen LogP contribution in [0.4, 0.5) is 0 Å². The Bertz CT molecular complexity index is 291. The van der Waals surface area contributed by atoms with Crippen LogP contribution in [0.2, 0.25) is 0 Å². The fourth-order valence-corrected chi connectivity index (χ4v) is 1.72. The van der Waals surface area contributed by atoms with Gasteiger partial charge in [0.2, 0.25) is 0 Å². The Morgan fingerprint density at radius 1 is 1.38 bits per heavy atom. The van der Waals surface area contributed by atoms with Crippen LogP contribution in [0, 0.1) is 12.8 Å². The first kappa shape index (κ1) is 13.2. The number of nitrogens with zero attached hydrogens (tertiary/aromatic N) is 2. The summed E-state index contributed by atoms with van der Waals surface area (Å²) in [6, 6.07) is 0.509. The van der Waals surface area contributed by atoms with Crippen LogP contribution in [0.1, 0.15) is 45.2 Å². The third-order valence-electron chi connectivity index (χ3n) is 2.71. The van der Waals surface area contributed by atoms with Crippen molar-refractivity contribution in [3.63, 3.8) is 0 Å². The van der Waals surface area contributed by atoms with Crippen molar-refractivity contribution in [2.24, 2.45) is 5.92 Å². The van der Waals surface area contributed by atoms with Gasteiger partial charge in [0, 0.05) is 12.2 Å². The van der Waals surface area contributed by atoms with Gasteiger partial charge in [-0.25, -0.2) is 0 Å². The zero-order valence-electron chi connectivity index (χ0n) is 11.0. The molecule has 0 aromatic carbocycles. The molecule has 1 N–H and O–H groups in total. The lowest BCUT2D eigenvalue weighted by Crippen LogP contribution is -2.21. The Morgan fingerprint density at radius 2 is 2.12 bits per heavy atom. The number of nitrogens with one attached hydrogen (secondary N) is 1. The Balaban J connectivity index is 2.13. The second-order valence-corrected chi connectivity index (χ2v) is 5.09. The first-order valence-corrected chi connectivity index (χ1v) is 6.31. The molecule has 1 aromatic heterocycles. The predicted octanol–water partition coefficient (Wildman–Crippen LogP) is 2.78. The van der Waals surface area contributed by atoms with Crippen molar-refractivity contribution in [1.29, 1.82) is 0 Å². The van der Waals surface area contributed by atoms with E-state index in [1.165, 1.54) is 18.4 Å². The molecule has 1 rings (SSSR count). The summed E-state index contributed by atoms with van der Waals surface area (Å²) in [4.78, 5) is 0. The van der Waals surface area contributed by atoms with Gasteiger partial charge < -0.3 is 5.32 Å². The van der Waals surface area contributed by atoms with Gasteiger partial charge in [-0.3, -0.25) is 4.68 Å². The highest BCUT2D eigenvalue weighted by Gasteiger charge is 2.04. The van der Waals surface area contributed by atoms with Crippen molar-refractivity contribution < 1.29 is 0 Å². The second-order valence-electron chi connectivity index (χ2n) is 5.09. The van der Waals surface area contributed by atoms with Gasteiger partial charge in [0.15, 0.2) is 0 Å². The van der Waals surface area contributed by atoms with Crippen LogP contribution in [0.5, 0.6) is 0 Å². The highest BCUT2D eigenvalue weighted by atomic mass is 15.3. The molecule has 1 unspecified atom stereocenters. The molecule has 0 aliphatic rings. The van der Waals surface area contributed by atoms with Crippen molar-refractivity contribution in [2.45, 2.75) is 46.6 Å². The predicted molar refractivity (Wildman–Crippen MR) is 68.6 cm³/mol. The van der Waals surface area contributed by atoms with Crippen LogP contribution in [0.3, 0.4) is 0 Å². The zero-order chi connectivity index (χ0) is 12.0. The average Bonchev–Trinajstić information content (AvgIpc) is 2.63. The van der Waals surface area contributed by atoms with Gasteiger partial charge in [-0.2, -0.15) is 5.10 Å². The summed E-state index contributed by atoms with van der Waals surface area (Å²) in [5.74, 6) is 0.742. The van der Waals surface area contributed by atoms with E-state index >= 15 is 0 Å². The first-order chi connectivity index (χ1) is 7.59. The lowest BCUT2D eigenvalue weighted by atomic mass is 10.2. The number of rotatable bonds is 7. The Kier molecular flexibility index (Phi) is 5.53. The van der Waals surface area contributed by atoms with Gasteiger partial charge in [0.1, 0.15) is 0 Å². The molecule has 1 atom stereocenters. The second kappa shape index (κ2) is 6.69. The highest BCUT2D eigenvalue weighted by molar-refractivity contribution is 5.00. The summed E-state index contributed by atoms with van der Waals surface area (Å²) in [5.41, 5.74) is 1.24. The van der Waals surface area contributed by atoms with Gasteiger partial charge in [-0.15, -0.1) is 0 Å². The van der Waals surface area contributed by atoms with Crippen LogP contribution in [-0.2, 0) is 0 Å². The number of hydrogen-bond acceptors (Lipinski definition) is 2. The van der Waals surface area contributed by atoms with Crippen molar-refractivity contribution >= 4 is 0 Å². The van der Waals surface area contributed by atoms with E-state index in [9.17, 15) is 0 Å². The Morgan fingerprint density at radius 3 is 2.69 bits per heavy atom. The molecule has 0 spiro atoms. The monoisotopic (exact) mass is 223 g/mol. The maximum Gasteiger partial charge on any atom is 0.0519 e. The lowest BCUT2D eigenvalue weighted by Gasteiger charge is -2.12. The van der Waals surface area contributed by atoms with E-state index < -0.39 is 0 Å². The fraction of sp³-hybridized carbons (Fsp3) is 0.769. The van der Waals surface area contributed by atoms with E-state index in [1.807, 2.05) is 6.20 Å². The summed E-state index contributed by atoms with van der Waals surface area (Å²) in [6.07, 6.45) is 6.44. The lowest BCUT2D eigenvalue weighted by molar-refractivity contribution is 0.433. The molecule has 1 heterocycles. The molecule has 0 bridgehead atoms. The summed E-state index contributed by atoms with van der Waals surface area (Å²) < 4.78 is 2.07. The van der Waals surface area contributed by atoms with E-state index in [4.69, 9.17) is 0 Å². The molecule has 0 amide bonds. The van der Waals surface area contributed by atoms with Gasteiger partial charge in [0.25, 0.3) is 0 Å². The molecule has 3 nitrogen and oxygen atoms in total. The van der Waals surface area contributed by atoms with Gasteiger partial charge in [-0.1, -0.05) is 13.8 Å². The number of hydrogen-bond donors (Lipinski definition) is 1. The molecule has 0 radical (unpaired) electrons. The van der Waals surface area contributed by atoms with E-state index in [0.29, 0.717) is 6.04 Å². The van der Waals surface area contributed by atoms with E-state index in [-0.39, 0.29) is 0 Å². The third kappa shape index (κ3) is 4.79. The van der Waals surface area contributed by atoms with Crippen LogP contribution < -0.4 is 5.32 Å². The van der Waals surface area contributed by atoms with Crippen LogP contribution >= 0.6 is 0 Å².